The first-order valence-electron chi connectivity index (χ1n) is 10.2. The number of likely N-dealkylation sites (tertiary alicyclic amines) is 1. The van der Waals surface area contributed by atoms with E-state index in [4.69, 9.17) is 11.6 Å². The molecule has 1 aromatic carbocycles. The molecule has 8 heteroatoms. The Balaban J connectivity index is 1.23. The van der Waals surface area contributed by atoms with Crippen molar-refractivity contribution >= 4 is 28.9 Å². The standard InChI is InChI=1S/C22H27ClN6S/c1-24-22(27-20-6-9-28(10-7-20)14-17-8-11-30-16-17)25-12-18-13-26-29(15-18)21-4-2-19(23)3-5-21/h2-5,8,11,13,15-16,20H,6-7,9-10,12,14H2,1H3,(H2,24,25,27). The van der Waals surface area contributed by atoms with E-state index in [2.05, 4.69) is 42.5 Å². The number of thiophene rings is 1. The fourth-order valence-corrected chi connectivity index (χ4v) is 4.42. The average Bonchev–Trinajstić information content (AvgIpc) is 3.45. The van der Waals surface area contributed by atoms with Crippen LogP contribution in [0.3, 0.4) is 0 Å². The molecule has 158 valence electrons. The average molecular weight is 443 g/mol. The molecule has 0 amide bonds. The molecule has 0 bridgehead atoms. The van der Waals surface area contributed by atoms with Gasteiger partial charge >= 0.3 is 0 Å². The maximum atomic E-state index is 5.96. The number of aromatic nitrogens is 2. The van der Waals surface area contributed by atoms with Crippen molar-refractivity contribution in [1.82, 2.24) is 25.3 Å². The van der Waals surface area contributed by atoms with E-state index in [0.29, 0.717) is 12.6 Å². The number of halogens is 1. The van der Waals surface area contributed by atoms with Crippen LogP contribution >= 0.6 is 22.9 Å². The summed E-state index contributed by atoms with van der Waals surface area (Å²) >= 11 is 7.73. The first-order chi connectivity index (χ1) is 14.7. The van der Waals surface area contributed by atoms with Crippen LogP contribution in [-0.2, 0) is 13.1 Å². The molecular formula is C22H27ClN6S. The Morgan fingerprint density at radius 3 is 2.70 bits per heavy atom. The van der Waals surface area contributed by atoms with E-state index in [1.807, 2.05) is 48.4 Å². The number of benzene rings is 1. The summed E-state index contributed by atoms with van der Waals surface area (Å²) < 4.78 is 1.85. The van der Waals surface area contributed by atoms with Crippen molar-refractivity contribution in [2.45, 2.75) is 32.0 Å². The number of hydrogen-bond acceptors (Lipinski definition) is 4. The van der Waals surface area contributed by atoms with Crippen LogP contribution in [0, 0.1) is 0 Å². The molecule has 3 heterocycles. The molecule has 1 aliphatic rings. The molecule has 0 radical (unpaired) electrons. The molecule has 6 nitrogen and oxygen atoms in total. The summed E-state index contributed by atoms with van der Waals surface area (Å²) in [6.07, 6.45) is 6.14. The van der Waals surface area contributed by atoms with Crippen molar-refractivity contribution in [1.29, 1.82) is 0 Å². The molecule has 0 saturated carbocycles. The van der Waals surface area contributed by atoms with E-state index in [0.717, 1.165) is 54.7 Å². The second-order valence-corrected chi connectivity index (χ2v) is 8.74. The lowest BCUT2D eigenvalue weighted by Gasteiger charge is -2.32. The Labute approximate surface area is 186 Å². The molecule has 3 aromatic rings. The van der Waals surface area contributed by atoms with Crippen LogP contribution in [0.15, 0.2) is 58.5 Å². The van der Waals surface area contributed by atoms with Crippen LogP contribution in [0.2, 0.25) is 5.02 Å². The van der Waals surface area contributed by atoms with Gasteiger partial charge in [-0.15, -0.1) is 0 Å². The summed E-state index contributed by atoms with van der Waals surface area (Å²) in [5.74, 6) is 0.838. The summed E-state index contributed by atoms with van der Waals surface area (Å²) in [6.45, 7) is 3.95. The predicted molar refractivity (Wildman–Crippen MR) is 125 cm³/mol. The summed E-state index contributed by atoms with van der Waals surface area (Å²) in [5, 5.41) is 16.5. The molecule has 30 heavy (non-hydrogen) atoms. The Morgan fingerprint density at radius 1 is 1.20 bits per heavy atom. The fourth-order valence-electron chi connectivity index (χ4n) is 3.64. The Bertz CT molecular complexity index is 942. The van der Waals surface area contributed by atoms with Gasteiger partial charge < -0.3 is 10.6 Å². The van der Waals surface area contributed by atoms with Gasteiger partial charge in [-0.1, -0.05) is 11.6 Å². The lowest BCUT2D eigenvalue weighted by atomic mass is 10.0. The van der Waals surface area contributed by atoms with Gasteiger partial charge in [0.15, 0.2) is 5.96 Å². The topological polar surface area (TPSA) is 57.5 Å². The van der Waals surface area contributed by atoms with E-state index in [1.165, 1.54) is 5.56 Å². The molecule has 1 aliphatic heterocycles. The van der Waals surface area contributed by atoms with Crippen molar-refractivity contribution < 1.29 is 0 Å². The predicted octanol–water partition coefficient (Wildman–Crippen LogP) is 3.92. The van der Waals surface area contributed by atoms with Crippen LogP contribution in [0.4, 0.5) is 0 Å². The highest BCUT2D eigenvalue weighted by Crippen LogP contribution is 2.16. The SMILES string of the molecule is CN=C(NCc1cnn(-c2ccc(Cl)cc2)c1)NC1CCN(Cc2ccsc2)CC1. The molecule has 1 fully saturated rings. The van der Waals surface area contributed by atoms with E-state index in [1.54, 1.807) is 11.3 Å². The highest BCUT2D eigenvalue weighted by atomic mass is 35.5. The minimum Gasteiger partial charge on any atom is -0.354 e. The largest absolute Gasteiger partial charge is 0.354 e. The minimum absolute atomic E-state index is 0.451. The number of nitrogens with zero attached hydrogens (tertiary/aromatic N) is 4. The van der Waals surface area contributed by atoms with Gasteiger partial charge in [-0.2, -0.15) is 16.4 Å². The molecule has 4 rings (SSSR count). The third-order valence-corrected chi connectivity index (χ3v) is 6.31. The van der Waals surface area contributed by atoms with E-state index in [-0.39, 0.29) is 0 Å². The molecule has 0 aliphatic carbocycles. The number of piperidine rings is 1. The monoisotopic (exact) mass is 442 g/mol. The van der Waals surface area contributed by atoms with Gasteiger partial charge in [-0.05, 0) is 59.5 Å². The molecular weight excluding hydrogens is 416 g/mol. The van der Waals surface area contributed by atoms with E-state index < -0.39 is 0 Å². The van der Waals surface area contributed by atoms with Crippen molar-refractivity contribution in [3.05, 3.63) is 69.6 Å². The number of hydrogen-bond donors (Lipinski definition) is 2. The Hall–Kier alpha value is -2.35. The summed E-state index contributed by atoms with van der Waals surface area (Å²) in [7, 11) is 1.82. The minimum atomic E-state index is 0.451. The Morgan fingerprint density at radius 2 is 2.00 bits per heavy atom. The Kier molecular flexibility index (Phi) is 7.04. The smallest absolute Gasteiger partial charge is 0.191 e. The fraction of sp³-hybridized carbons (Fsp3) is 0.364. The molecule has 0 spiro atoms. The van der Waals surface area contributed by atoms with Crippen molar-refractivity contribution in [3.8, 4) is 5.69 Å². The van der Waals surface area contributed by atoms with Crippen LogP contribution in [0.25, 0.3) is 5.69 Å². The van der Waals surface area contributed by atoms with Crippen LogP contribution in [0.5, 0.6) is 0 Å². The second-order valence-electron chi connectivity index (χ2n) is 7.52. The van der Waals surface area contributed by atoms with E-state index in [9.17, 15) is 0 Å². The molecule has 1 saturated heterocycles. The summed E-state index contributed by atoms with van der Waals surface area (Å²) in [4.78, 5) is 6.92. The molecule has 0 atom stereocenters. The van der Waals surface area contributed by atoms with Crippen molar-refractivity contribution in [2.24, 2.45) is 4.99 Å². The van der Waals surface area contributed by atoms with Gasteiger partial charge in [0, 0.05) is 56.1 Å². The van der Waals surface area contributed by atoms with Gasteiger partial charge in [-0.3, -0.25) is 9.89 Å². The number of guanidine groups is 1. The molecule has 2 N–H and O–H groups in total. The quantitative estimate of drug-likeness (QED) is 0.448. The van der Waals surface area contributed by atoms with Crippen LogP contribution in [-0.4, -0.2) is 46.8 Å². The first kappa shape index (κ1) is 20.9. The maximum Gasteiger partial charge on any atom is 0.191 e. The summed E-state index contributed by atoms with van der Waals surface area (Å²) in [6, 6.07) is 10.3. The van der Waals surface area contributed by atoms with Gasteiger partial charge in [0.05, 0.1) is 11.9 Å². The van der Waals surface area contributed by atoms with Gasteiger partial charge in [0.1, 0.15) is 0 Å². The third kappa shape index (κ3) is 5.62. The van der Waals surface area contributed by atoms with Gasteiger partial charge in [-0.25, -0.2) is 4.68 Å². The van der Waals surface area contributed by atoms with Gasteiger partial charge in [0.2, 0.25) is 0 Å². The van der Waals surface area contributed by atoms with Gasteiger partial charge in [0.25, 0.3) is 0 Å². The second kappa shape index (κ2) is 10.1. The van der Waals surface area contributed by atoms with Crippen molar-refractivity contribution in [3.63, 3.8) is 0 Å². The van der Waals surface area contributed by atoms with Crippen molar-refractivity contribution in [2.75, 3.05) is 20.1 Å². The lowest BCUT2D eigenvalue weighted by Crippen LogP contribution is -2.48. The first-order valence-corrected chi connectivity index (χ1v) is 11.5. The zero-order chi connectivity index (χ0) is 20.8. The number of aliphatic imine (C=N–C) groups is 1. The number of rotatable bonds is 6. The zero-order valence-electron chi connectivity index (χ0n) is 17.1. The lowest BCUT2D eigenvalue weighted by molar-refractivity contribution is 0.198. The van der Waals surface area contributed by atoms with Crippen LogP contribution in [0.1, 0.15) is 24.0 Å². The molecule has 0 unspecified atom stereocenters. The highest BCUT2D eigenvalue weighted by molar-refractivity contribution is 7.07. The maximum absolute atomic E-state index is 5.96. The zero-order valence-corrected chi connectivity index (χ0v) is 18.7. The molecule has 2 aromatic heterocycles. The highest BCUT2D eigenvalue weighted by Gasteiger charge is 2.20. The number of nitrogens with one attached hydrogen (secondary N) is 2. The summed E-state index contributed by atoms with van der Waals surface area (Å²) in [5.41, 5.74) is 3.50. The van der Waals surface area contributed by atoms with E-state index >= 15 is 0 Å². The van der Waals surface area contributed by atoms with Crippen LogP contribution < -0.4 is 10.6 Å². The third-order valence-electron chi connectivity index (χ3n) is 5.33. The normalized spacial score (nSPS) is 16.0.